The highest BCUT2D eigenvalue weighted by molar-refractivity contribution is 6.33. The summed E-state index contributed by atoms with van der Waals surface area (Å²) in [7, 11) is 0. The monoisotopic (exact) mass is 350 g/mol. The van der Waals surface area contributed by atoms with Gasteiger partial charge in [-0.2, -0.15) is 0 Å². The Balaban J connectivity index is 2.47. The Morgan fingerprint density at radius 2 is 1.75 bits per heavy atom. The molecule has 3 heteroatoms. The minimum atomic E-state index is 0.0657. The molecule has 1 aliphatic carbocycles. The topological polar surface area (TPSA) is 16.1 Å². The van der Waals surface area contributed by atoms with E-state index in [0.717, 1.165) is 23.6 Å². The third kappa shape index (κ3) is 4.65. The smallest absolute Gasteiger partial charge is 0.0854 e. The van der Waals surface area contributed by atoms with E-state index in [1.807, 2.05) is 6.20 Å². The summed E-state index contributed by atoms with van der Waals surface area (Å²) in [6.45, 7) is 13.9. The Kier molecular flexibility index (Phi) is 6.23. The maximum atomic E-state index is 6.80. The van der Waals surface area contributed by atoms with Gasteiger partial charge in [0.1, 0.15) is 0 Å². The van der Waals surface area contributed by atoms with Gasteiger partial charge in [-0.05, 0) is 51.0 Å². The third-order valence-electron chi connectivity index (χ3n) is 5.09. The summed E-state index contributed by atoms with van der Waals surface area (Å²) < 4.78 is 0. The highest BCUT2D eigenvalue weighted by Gasteiger charge is 2.37. The zero-order valence-electron chi connectivity index (χ0n) is 16.5. The molecule has 2 nitrogen and oxygen atoms in total. The Bertz CT molecular complexity index is 539. The van der Waals surface area contributed by atoms with E-state index < -0.39 is 0 Å². The van der Waals surface area contributed by atoms with E-state index in [-0.39, 0.29) is 11.0 Å². The minimum absolute atomic E-state index is 0.0657. The summed E-state index contributed by atoms with van der Waals surface area (Å²) in [6, 6.07) is 2.71. The third-order valence-corrected chi connectivity index (χ3v) is 5.50. The molecule has 0 aromatic carbocycles. The summed E-state index contributed by atoms with van der Waals surface area (Å²) in [4.78, 5) is 7.12. The molecule has 1 aliphatic rings. The van der Waals surface area contributed by atoms with E-state index in [0.29, 0.717) is 6.04 Å². The molecule has 0 spiro atoms. The van der Waals surface area contributed by atoms with Crippen LogP contribution in [-0.2, 0) is 6.42 Å². The molecule has 0 amide bonds. The number of anilines is 1. The molecule has 0 N–H and O–H groups in total. The predicted molar refractivity (Wildman–Crippen MR) is 106 cm³/mol. The molecule has 1 fully saturated rings. The Morgan fingerprint density at radius 1 is 1.12 bits per heavy atom. The van der Waals surface area contributed by atoms with Gasteiger partial charge in [-0.25, -0.2) is 0 Å². The standard InChI is InChI=1S/C21H35ClN2/c1-7-17-19(22)18(13-14-23-17)24(16-11-9-8-10-12-16)21(5,6)15-20(2,3)4/h13-14,16H,7-12,15H2,1-6H3. The van der Waals surface area contributed by atoms with Crippen molar-refractivity contribution in [3.05, 3.63) is 23.0 Å². The van der Waals surface area contributed by atoms with Crippen molar-refractivity contribution in [1.82, 2.24) is 4.98 Å². The lowest BCUT2D eigenvalue weighted by atomic mass is 9.78. The predicted octanol–water partition coefficient (Wildman–Crippen LogP) is 6.65. The summed E-state index contributed by atoms with van der Waals surface area (Å²) in [5.41, 5.74) is 2.55. The van der Waals surface area contributed by atoms with Crippen LogP contribution in [0.5, 0.6) is 0 Å². The van der Waals surface area contributed by atoms with Crippen molar-refractivity contribution >= 4 is 17.3 Å². The molecule has 0 aliphatic heterocycles. The van der Waals surface area contributed by atoms with Crippen molar-refractivity contribution in [2.75, 3.05) is 4.90 Å². The van der Waals surface area contributed by atoms with Gasteiger partial charge in [0.2, 0.25) is 0 Å². The van der Waals surface area contributed by atoms with Crippen molar-refractivity contribution in [1.29, 1.82) is 0 Å². The molecule has 0 atom stereocenters. The van der Waals surface area contributed by atoms with Gasteiger partial charge in [-0.3, -0.25) is 4.98 Å². The summed E-state index contributed by atoms with van der Waals surface area (Å²) in [6.07, 6.45) is 10.5. The Morgan fingerprint density at radius 3 is 2.29 bits per heavy atom. The van der Waals surface area contributed by atoms with Gasteiger partial charge in [-0.15, -0.1) is 0 Å². The van der Waals surface area contributed by atoms with Crippen molar-refractivity contribution in [3.8, 4) is 0 Å². The number of halogens is 1. The molecule has 2 rings (SSSR count). The zero-order chi connectivity index (χ0) is 18.0. The number of nitrogens with zero attached hydrogens (tertiary/aromatic N) is 2. The van der Waals surface area contributed by atoms with Gasteiger partial charge in [0.25, 0.3) is 0 Å². The van der Waals surface area contributed by atoms with Crippen molar-refractivity contribution in [2.24, 2.45) is 5.41 Å². The van der Waals surface area contributed by atoms with Crippen molar-refractivity contribution in [2.45, 2.75) is 98.1 Å². The van der Waals surface area contributed by atoms with E-state index in [4.69, 9.17) is 11.6 Å². The second-order valence-corrected chi connectivity index (χ2v) is 9.53. The summed E-state index contributed by atoms with van der Waals surface area (Å²) >= 11 is 6.80. The van der Waals surface area contributed by atoms with Crippen LogP contribution in [0.3, 0.4) is 0 Å². The first-order valence-electron chi connectivity index (χ1n) is 9.58. The zero-order valence-corrected chi connectivity index (χ0v) is 17.2. The SMILES string of the molecule is CCc1nccc(N(C2CCCCC2)C(C)(C)CC(C)(C)C)c1Cl. The average molecular weight is 351 g/mol. The summed E-state index contributed by atoms with van der Waals surface area (Å²) in [5.74, 6) is 0. The van der Waals surface area contributed by atoms with Crippen LogP contribution >= 0.6 is 11.6 Å². The first-order chi connectivity index (χ1) is 11.2. The first-order valence-corrected chi connectivity index (χ1v) is 9.96. The van der Waals surface area contributed by atoms with Crippen LogP contribution in [0.15, 0.2) is 12.3 Å². The number of hydrogen-bond donors (Lipinski definition) is 0. The fourth-order valence-electron chi connectivity index (χ4n) is 4.65. The number of aryl methyl sites for hydroxylation is 1. The molecule has 24 heavy (non-hydrogen) atoms. The van der Waals surface area contributed by atoms with E-state index in [1.54, 1.807) is 0 Å². The van der Waals surface area contributed by atoms with Crippen molar-refractivity contribution < 1.29 is 0 Å². The fraction of sp³-hybridized carbons (Fsp3) is 0.762. The maximum Gasteiger partial charge on any atom is 0.0854 e. The van der Waals surface area contributed by atoms with Gasteiger partial charge in [0.15, 0.2) is 0 Å². The van der Waals surface area contributed by atoms with E-state index in [9.17, 15) is 0 Å². The molecular formula is C21H35ClN2. The lowest BCUT2D eigenvalue weighted by molar-refractivity contribution is 0.244. The number of hydrogen-bond acceptors (Lipinski definition) is 2. The van der Waals surface area contributed by atoms with Crippen LogP contribution in [0.2, 0.25) is 5.02 Å². The quantitative estimate of drug-likeness (QED) is 0.590. The molecule has 0 radical (unpaired) electrons. The van der Waals surface area contributed by atoms with Crippen molar-refractivity contribution in [3.63, 3.8) is 0 Å². The highest BCUT2D eigenvalue weighted by Crippen LogP contribution is 2.42. The lowest BCUT2D eigenvalue weighted by Crippen LogP contribution is -2.52. The summed E-state index contributed by atoms with van der Waals surface area (Å²) in [5, 5.41) is 0.854. The maximum absolute atomic E-state index is 6.80. The number of rotatable bonds is 5. The van der Waals surface area contributed by atoms with Crippen LogP contribution in [-0.4, -0.2) is 16.6 Å². The molecular weight excluding hydrogens is 316 g/mol. The van der Waals surface area contributed by atoms with Gasteiger partial charge < -0.3 is 4.90 Å². The molecule has 0 bridgehead atoms. The molecule has 1 aromatic rings. The van der Waals surface area contributed by atoms with Crippen LogP contribution in [0.4, 0.5) is 5.69 Å². The fourth-order valence-corrected chi connectivity index (χ4v) is 4.98. The Labute approximate surface area is 154 Å². The second-order valence-electron chi connectivity index (χ2n) is 9.16. The van der Waals surface area contributed by atoms with Gasteiger partial charge in [-0.1, -0.05) is 58.6 Å². The molecule has 1 saturated carbocycles. The van der Waals surface area contributed by atoms with Gasteiger partial charge in [0.05, 0.1) is 16.4 Å². The molecule has 0 unspecified atom stereocenters. The van der Waals surface area contributed by atoms with Crippen LogP contribution in [0, 0.1) is 5.41 Å². The molecule has 0 saturated heterocycles. The van der Waals surface area contributed by atoms with E-state index >= 15 is 0 Å². The molecule has 1 heterocycles. The molecule has 1 aromatic heterocycles. The van der Waals surface area contributed by atoms with E-state index in [2.05, 4.69) is 57.5 Å². The van der Waals surface area contributed by atoms with Crippen LogP contribution in [0.25, 0.3) is 0 Å². The van der Waals surface area contributed by atoms with Crippen LogP contribution in [0.1, 0.15) is 85.8 Å². The first kappa shape index (κ1) is 19.6. The van der Waals surface area contributed by atoms with Crippen LogP contribution < -0.4 is 4.90 Å². The Hall–Kier alpha value is -0.760. The van der Waals surface area contributed by atoms with Gasteiger partial charge in [0, 0.05) is 17.8 Å². The number of pyridine rings is 1. The highest BCUT2D eigenvalue weighted by atomic mass is 35.5. The normalized spacial score (nSPS) is 17.1. The average Bonchev–Trinajstić information content (AvgIpc) is 2.47. The minimum Gasteiger partial charge on any atom is -0.362 e. The van der Waals surface area contributed by atoms with Gasteiger partial charge >= 0.3 is 0 Å². The van der Waals surface area contributed by atoms with E-state index in [1.165, 1.54) is 37.8 Å². The largest absolute Gasteiger partial charge is 0.362 e. The second kappa shape index (κ2) is 7.64. The number of aromatic nitrogens is 1. The lowest BCUT2D eigenvalue weighted by Gasteiger charge is -2.49. The molecule has 136 valence electrons.